The molecule has 1 fully saturated rings. The van der Waals surface area contributed by atoms with Crippen LogP contribution in [-0.4, -0.2) is 18.9 Å². The van der Waals surface area contributed by atoms with E-state index in [1.165, 1.54) is 7.11 Å². The minimum Gasteiger partial charge on any atom is -0.468 e. The molecule has 18 heavy (non-hydrogen) atoms. The van der Waals surface area contributed by atoms with Gasteiger partial charge < -0.3 is 4.74 Å². The Morgan fingerprint density at radius 2 is 1.67 bits per heavy atom. The lowest BCUT2D eigenvalue weighted by molar-refractivity contribution is -0.153. The first kappa shape index (κ1) is 15.2. The third-order valence-corrected chi connectivity index (χ3v) is 4.17. The number of hydrogen-bond donors (Lipinski definition) is 0. The van der Waals surface area contributed by atoms with Crippen LogP contribution in [0.25, 0.3) is 0 Å². The molecule has 1 saturated carbocycles. The van der Waals surface area contributed by atoms with Gasteiger partial charge in [-0.05, 0) is 37.0 Å². The zero-order chi connectivity index (χ0) is 13.9. The minimum atomic E-state index is -0.582. The third kappa shape index (κ3) is 3.56. The van der Waals surface area contributed by atoms with E-state index in [1.807, 2.05) is 13.8 Å². The number of carbonyl (C=O) groups is 2. The van der Waals surface area contributed by atoms with Crippen molar-refractivity contribution in [3.05, 3.63) is 0 Å². The van der Waals surface area contributed by atoms with E-state index in [-0.39, 0.29) is 23.6 Å². The number of ether oxygens (including phenoxy) is 1. The summed E-state index contributed by atoms with van der Waals surface area (Å²) >= 11 is 0. The van der Waals surface area contributed by atoms with Gasteiger partial charge in [-0.25, -0.2) is 0 Å². The summed E-state index contributed by atoms with van der Waals surface area (Å²) in [5, 5.41) is 0. The maximum absolute atomic E-state index is 12.5. The van der Waals surface area contributed by atoms with Gasteiger partial charge in [0.2, 0.25) is 0 Å². The van der Waals surface area contributed by atoms with Gasteiger partial charge in [0, 0.05) is 5.92 Å². The molecule has 1 aliphatic rings. The van der Waals surface area contributed by atoms with Crippen molar-refractivity contribution in [3.63, 3.8) is 0 Å². The maximum atomic E-state index is 12.5. The zero-order valence-corrected chi connectivity index (χ0v) is 12.3. The lowest BCUT2D eigenvalue weighted by Gasteiger charge is -2.35. The fraction of sp³-hybridized carbons (Fsp3) is 0.867. The van der Waals surface area contributed by atoms with Gasteiger partial charge in [0.25, 0.3) is 0 Å². The first-order valence-electron chi connectivity index (χ1n) is 6.90. The first-order valence-corrected chi connectivity index (χ1v) is 6.90. The Morgan fingerprint density at radius 1 is 1.17 bits per heavy atom. The molecule has 0 heterocycles. The number of hydrogen-bond acceptors (Lipinski definition) is 3. The first-order chi connectivity index (χ1) is 8.28. The third-order valence-electron chi connectivity index (χ3n) is 4.17. The number of rotatable bonds is 4. The Hall–Kier alpha value is -0.860. The van der Waals surface area contributed by atoms with Crippen LogP contribution in [0.1, 0.15) is 53.4 Å². The maximum Gasteiger partial charge on any atom is 0.316 e. The normalized spacial score (nSPS) is 21.7. The van der Waals surface area contributed by atoms with Crippen LogP contribution in [0.15, 0.2) is 0 Å². The van der Waals surface area contributed by atoms with Crippen molar-refractivity contribution in [1.29, 1.82) is 0 Å². The van der Waals surface area contributed by atoms with E-state index < -0.39 is 5.92 Å². The smallest absolute Gasteiger partial charge is 0.316 e. The SMILES string of the molecule is COC(=O)C(C(=O)C1CCC(C)(C)CC1)C(C)C. The van der Waals surface area contributed by atoms with E-state index in [0.717, 1.165) is 25.7 Å². The van der Waals surface area contributed by atoms with Gasteiger partial charge >= 0.3 is 5.97 Å². The minimum absolute atomic E-state index is 0.0138. The van der Waals surface area contributed by atoms with Crippen LogP contribution in [-0.2, 0) is 14.3 Å². The van der Waals surface area contributed by atoms with Gasteiger partial charge in [0.1, 0.15) is 11.7 Å². The van der Waals surface area contributed by atoms with Crippen molar-refractivity contribution < 1.29 is 14.3 Å². The fourth-order valence-electron chi connectivity index (χ4n) is 2.78. The molecule has 0 aromatic carbocycles. The second-order valence-corrected chi connectivity index (χ2v) is 6.59. The molecule has 0 aromatic heterocycles. The Balaban J connectivity index is 2.71. The summed E-state index contributed by atoms with van der Waals surface area (Å²) in [6.07, 6.45) is 3.95. The number of ketones is 1. The average molecular weight is 254 g/mol. The van der Waals surface area contributed by atoms with Crippen LogP contribution in [0.4, 0.5) is 0 Å². The molecule has 0 spiro atoms. The van der Waals surface area contributed by atoms with E-state index in [4.69, 9.17) is 4.74 Å². The summed E-state index contributed by atoms with van der Waals surface area (Å²) in [5.74, 6) is -0.808. The molecule has 0 saturated heterocycles. The molecule has 0 bridgehead atoms. The lowest BCUT2D eigenvalue weighted by atomic mass is 9.69. The van der Waals surface area contributed by atoms with Crippen LogP contribution in [0.2, 0.25) is 0 Å². The van der Waals surface area contributed by atoms with Crippen molar-refractivity contribution in [2.75, 3.05) is 7.11 Å². The number of esters is 1. The molecule has 0 aromatic rings. The Bertz CT molecular complexity index is 308. The van der Waals surface area contributed by atoms with E-state index in [0.29, 0.717) is 5.41 Å². The summed E-state index contributed by atoms with van der Waals surface area (Å²) in [6, 6.07) is 0. The molecule has 0 radical (unpaired) electrons. The molecule has 3 nitrogen and oxygen atoms in total. The molecule has 3 heteroatoms. The van der Waals surface area contributed by atoms with Crippen molar-refractivity contribution in [2.45, 2.75) is 53.4 Å². The monoisotopic (exact) mass is 254 g/mol. The molecule has 0 aliphatic heterocycles. The van der Waals surface area contributed by atoms with Crippen LogP contribution in [0, 0.1) is 23.2 Å². The molecule has 0 N–H and O–H groups in total. The van der Waals surface area contributed by atoms with Crippen LogP contribution in [0.3, 0.4) is 0 Å². The highest BCUT2D eigenvalue weighted by Crippen LogP contribution is 2.39. The molecule has 1 unspecified atom stereocenters. The fourth-order valence-corrected chi connectivity index (χ4v) is 2.78. The second kappa shape index (κ2) is 5.85. The highest BCUT2D eigenvalue weighted by Gasteiger charge is 2.38. The second-order valence-electron chi connectivity index (χ2n) is 6.59. The summed E-state index contributed by atoms with van der Waals surface area (Å²) in [4.78, 5) is 24.2. The molecular formula is C15H26O3. The van der Waals surface area contributed by atoms with Crippen LogP contribution in [0.5, 0.6) is 0 Å². The Morgan fingerprint density at radius 3 is 2.06 bits per heavy atom. The molecule has 104 valence electrons. The zero-order valence-electron chi connectivity index (χ0n) is 12.3. The predicted molar refractivity (Wildman–Crippen MR) is 71.1 cm³/mol. The molecule has 1 atom stereocenters. The molecule has 1 rings (SSSR count). The quantitative estimate of drug-likeness (QED) is 0.571. The average Bonchev–Trinajstić information content (AvgIpc) is 2.28. The van der Waals surface area contributed by atoms with E-state index in [1.54, 1.807) is 0 Å². The van der Waals surface area contributed by atoms with Crippen LogP contribution >= 0.6 is 0 Å². The molecule has 0 amide bonds. The van der Waals surface area contributed by atoms with Gasteiger partial charge in [-0.3, -0.25) is 9.59 Å². The van der Waals surface area contributed by atoms with Crippen molar-refractivity contribution in [1.82, 2.24) is 0 Å². The largest absolute Gasteiger partial charge is 0.468 e. The van der Waals surface area contributed by atoms with Gasteiger partial charge in [-0.1, -0.05) is 27.7 Å². The Labute approximate surface area is 110 Å². The number of carbonyl (C=O) groups excluding carboxylic acids is 2. The van der Waals surface area contributed by atoms with Crippen molar-refractivity contribution >= 4 is 11.8 Å². The van der Waals surface area contributed by atoms with Gasteiger partial charge in [-0.2, -0.15) is 0 Å². The van der Waals surface area contributed by atoms with Gasteiger partial charge in [0.15, 0.2) is 0 Å². The summed E-state index contributed by atoms with van der Waals surface area (Å²) < 4.78 is 4.77. The summed E-state index contributed by atoms with van der Waals surface area (Å²) in [5.41, 5.74) is 0.343. The Kier molecular flexibility index (Phi) is 4.94. The number of Topliss-reactive ketones (excluding diaryl/α,β-unsaturated/α-hetero) is 1. The van der Waals surface area contributed by atoms with E-state index in [9.17, 15) is 9.59 Å². The standard InChI is InChI=1S/C15H26O3/c1-10(2)12(14(17)18-5)13(16)11-6-8-15(3,4)9-7-11/h10-12H,6-9H2,1-5H3. The van der Waals surface area contributed by atoms with E-state index in [2.05, 4.69) is 13.8 Å². The van der Waals surface area contributed by atoms with Crippen LogP contribution < -0.4 is 0 Å². The van der Waals surface area contributed by atoms with Gasteiger partial charge in [0.05, 0.1) is 7.11 Å². The molecule has 1 aliphatic carbocycles. The lowest BCUT2D eigenvalue weighted by Crippen LogP contribution is -2.37. The van der Waals surface area contributed by atoms with Gasteiger partial charge in [-0.15, -0.1) is 0 Å². The highest BCUT2D eigenvalue weighted by atomic mass is 16.5. The van der Waals surface area contributed by atoms with Crippen molar-refractivity contribution in [3.8, 4) is 0 Å². The topological polar surface area (TPSA) is 43.4 Å². The summed E-state index contributed by atoms with van der Waals surface area (Å²) in [7, 11) is 1.36. The highest BCUT2D eigenvalue weighted by molar-refractivity contribution is 6.00. The predicted octanol–water partition coefficient (Wildman–Crippen LogP) is 3.22. The summed E-state index contributed by atoms with van der Waals surface area (Å²) in [6.45, 7) is 8.31. The molecular weight excluding hydrogens is 228 g/mol. The van der Waals surface area contributed by atoms with E-state index >= 15 is 0 Å². The number of methoxy groups -OCH3 is 1. The van der Waals surface area contributed by atoms with Crippen molar-refractivity contribution in [2.24, 2.45) is 23.2 Å².